The molecule has 2 aliphatic heterocycles. The van der Waals surface area contributed by atoms with E-state index in [9.17, 15) is 4.79 Å². The molecular formula is C28H29ClN6O. The summed E-state index contributed by atoms with van der Waals surface area (Å²) in [6.07, 6.45) is 5.88. The minimum Gasteiger partial charge on any atom is -0.367 e. The Balaban J connectivity index is 1.26. The maximum atomic E-state index is 13.9. The predicted molar refractivity (Wildman–Crippen MR) is 143 cm³/mol. The summed E-state index contributed by atoms with van der Waals surface area (Å²) >= 11 is 6.14. The number of pyridine rings is 1. The number of rotatable bonds is 5. The van der Waals surface area contributed by atoms with Crippen LogP contribution in [-0.2, 0) is 4.79 Å². The molecule has 2 aromatic heterocycles. The van der Waals surface area contributed by atoms with Gasteiger partial charge in [0.05, 0.1) is 23.2 Å². The van der Waals surface area contributed by atoms with E-state index in [1.54, 1.807) is 0 Å². The molecule has 0 aliphatic carbocycles. The number of fused-ring (bicyclic) bond motifs is 1. The van der Waals surface area contributed by atoms with Gasteiger partial charge in [0.1, 0.15) is 0 Å². The van der Waals surface area contributed by atoms with E-state index >= 15 is 0 Å². The molecule has 2 saturated heterocycles. The molecule has 0 bridgehead atoms. The van der Waals surface area contributed by atoms with Gasteiger partial charge in [-0.3, -0.25) is 9.89 Å². The second-order valence-electron chi connectivity index (χ2n) is 9.56. The predicted octanol–water partition coefficient (Wildman–Crippen LogP) is 4.46. The lowest BCUT2D eigenvalue weighted by atomic mass is 9.89. The Morgan fingerprint density at radius 2 is 1.78 bits per heavy atom. The summed E-state index contributed by atoms with van der Waals surface area (Å²) in [6, 6.07) is 18.3. The zero-order valence-corrected chi connectivity index (χ0v) is 20.8. The number of nitrogens with one attached hydrogen (secondary N) is 2. The first kappa shape index (κ1) is 23.0. The van der Waals surface area contributed by atoms with Gasteiger partial charge in [0.25, 0.3) is 0 Å². The van der Waals surface area contributed by atoms with Crippen LogP contribution in [0.15, 0.2) is 67.0 Å². The molecule has 4 aromatic rings. The van der Waals surface area contributed by atoms with E-state index in [0.717, 1.165) is 65.9 Å². The Hall–Kier alpha value is -3.42. The maximum Gasteiger partial charge on any atom is 0.231 e. The third-order valence-corrected chi connectivity index (χ3v) is 7.69. The minimum absolute atomic E-state index is 0.159. The number of aromatic amines is 1. The summed E-state index contributed by atoms with van der Waals surface area (Å²) < 4.78 is 0. The fraction of sp³-hybridized carbons (Fsp3) is 0.321. The number of aromatic nitrogens is 3. The summed E-state index contributed by atoms with van der Waals surface area (Å²) in [7, 11) is 0. The van der Waals surface area contributed by atoms with Gasteiger partial charge in [0.15, 0.2) is 5.65 Å². The number of anilines is 1. The van der Waals surface area contributed by atoms with Crippen molar-refractivity contribution in [2.24, 2.45) is 0 Å². The number of halogens is 1. The van der Waals surface area contributed by atoms with E-state index in [0.29, 0.717) is 18.1 Å². The van der Waals surface area contributed by atoms with Crippen LogP contribution < -0.4 is 10.2 Å². The molecule has 6 rings (SSSR count). The van der Waals surface area contributed by atoms with Crippen LogP contribution >= 0.6 is 11.6 Å². The van der Waals surface area contributed by atoms with Crippen molar-refractivity contribution >= 4 is 34.2 Å². The highest BCUT2D eigenvalue weighted by Crippen LogP contribution is 2.37. The minimum atomic E-state index is -0.197. The average molecular weight is 501 g/mol. The van der Waals surface area contributed by atoms with E-state index in [-0.39, 0.29) is 17.9 Å². The number of benzene rings is 2. The Morgan fingerprint density at radius 1 is 1.00 bits per heavy atom. The van der Waals surface area contributed by atoms with Gasteiger partial charge in [-0.25, -0.2) is 4.98 Å². The quantitative estimate of drug-likeness (QED) is 0.423. The molecule has 2 N–H and O–H groups in total. The fourth-order valence-corrected chi connectivity index (χ4v) is 5.74. The van der Waals surface area contributed by atoms with Gasteiger partial charge in [-0.1, -0.05) is 54.1 Å². The van der Waals surface area contributed by atoms with Crippen LogP contribution in [0.3, 0.4) is 0 Å². The van der Waals surface area contributed by atoms with Crippen LogP contribution in [0, 0.1) is 0 Å². The molecule has 0 saturated carbocycles. The van der Waals surface area contributed by atoms with Crippen molar-refractivity contribution in [2.75, 3.05) is 37.6 Å². The van der Waals surface area contributed by atoms with Crippen LogP contribution in [0.25, 0.3) is 22.2 Å². The van der Waals surface area contributed by atoms with E-state index in [4.69, 9.17) is 11.6 Å². The monoisotopic (exact) mass is 500 g/mol. The number of hydrogen-bond donors (Lipinski definition) is 2. The Labute approximate surface area is 215 Å². The number of piperazine rings is 1. The summed E-state index contributed by atoms with van der Waals surface area (Å²) in [5.74, 6) is 0.000504. The molecule has 0 radical (unpaired) electrons. The number of hydrogen-bond acceptors (Lipinski definition) is 5. The molecule has 2 fully saturated rings. The molecule has 184 valence electrons. The van der Waals surface area contributed by atoms with E-state index in [2.05, 4.69) is 37.5 Å². The van der Waals surface area contributed by atoms with Crippen LogP contribution in [0.4, 0.5) is 5.69 Å². The van der Waals surface area contributed by atoms with Crippen LogP contribution in [0.5, 0.6) is 0 Å². The molecule has 0 unspecified atom stereocenters. The van der Waals surface area contributed by atoms with Gasteiger partial charge < -0.3 is 15.1 Å². The second-order valence-corrected chi connectivity index (χ2v) is 10.00. The van der Waals surface area contributed by atoms with Crippen molar-refractivity contribution in [1.82, 2.24) is 25.4 Å². The Bertz CT molecular complexity index is 1340. The average Bonchev–Trinajstić information content (AvgIpc) is 3.63. The molecule has 7 nitrogen and oxygen atoms in total. The zero-order chi connectivity index (χ0) is 24.5. The fourth-order valence-electron chi connectivity index (χ4n) is 5.62. The van der Waals surface area contributed by atoms with Gasteiger partial charge in [-0.2, -0.15) is 5.10 Å². The van der Waals surface area contributed by atoms with Crippen LogP contribution in [0.2, 0.25) is 5.02 Å². The second kappa shape index (κ2) is 9.91. The molecule has 1 amide bonds. The van der Waals surface area contributed by atoms with Crippen molar-refractivity contribution in [1.29, 1.82) is 0 Å². The maximum absolute atomic E-state index is 13.9. The first-order chi connectivity index (χ1) is 17.7. The topological polar surface area (TPSA) is 77.2 Å². The number of amides is 1. The molecule has 2 aromatic carbocycles. The van der Waals surface area contributed by atoms with Gasteiger partial charge in [0.2, 0.25) is 5.91 Å². The van der Waals surface area contributed by atoms with E-state index in [1.807, 2.05) is 59.8 Å². The Kier molecular flexibility index (Phi) is 6.34. The van der Waals surface area contributed by atoms with Crippen LogP contribution in [0.1, 0.15) is 24.3 Å². The zero-order valence-electron chi connectivity index (χ0n) is 20.0. The lowest BCUT2D eigenvalue weighted by Gasteiger charge is -2.39. The molecule has 8 heteroatoms. The summed E-state index contributed by atoms with van der Waals surface area (Å²) in [6.45, 7) is 3.81. The SMILES string of the molecule is O=C([C@@H](c1ccc(Cl)cc1)[C@@H]1CCCN1)N1CCN(c2c(-c3ccccc3)cnc3[nH]ncc23)CC1. The normalized spacial score (nSPS) is 19.1. The first-order valence-corrected chi connectivity index (χ1v) is 13.0. The summed E-state index contributed by atoms with van der Waals surface area (Å²) in [4.78, 5) is 22.9. The van der Waals surface area contributed by atoms with E-state index in [1.165, 1.54) is 0 Å². The smallest absolute Gasteiger partial charge is 0.231 e. The largest absolute Gasteiger partial charge is 0.367 e. The van der Waals surface area contributed by atoms with Crippen LogP contribution in [-0.4, -0.2) is 64.8 Å². The summed E-state index contributed by atoms with van der Waals surface area (Å²) in [5.41, 5.74) is 5.14. The van der Waals surface area contributed by atoms with Gasteiger partial charge in [0, 0.05) is 49.0 Å². The number of nitrogens with zero attached hydrogens (tertiary/aromatic N) is 4. The number of carbonyl (C=O) groups is 1. The first-order valence-electron chi connectivity index (χ1n) is 12.6. The third kappa shape index (κ3) is 4.33. The van der Waals surface area contributed by atoms with Crippen molar-refractivity contribution in [3.05, 3.63) is 77.6 Å². The van der Waals surface area contributed by atoms with Crippen molar-refractivity contribution in [3.8, 4) is 11.1 Å². The standard InChI is InChI=1S/C28H29ClN6O/c29-21-10-8-20(9-11-21)25(24-7-4-12-30-24)28(36)35-15-13-34(14-16-35)26-22(19-5-2-1-3-6-19)17-31-27-23(26)18-32-33-27/h1-3,5-6,8-11,17-18,24-25,30H,4,7,12-16H2,(H,31,32,33)/t24-,25-/m0/s1. The number of carbonyl (C=O) groups excluding carboxylic acids is 1. The molecule has 2 aliphatic rings. The van der Waals surface area contributed by atoms with Gasteiger partial charge >= 0.3 is 0 Å². The van der Waals surface area contributed by atoms with Crippen molar-refractivity contribution in [2.45, 2.75) is 24.8 Å². The van der Waals surface area contributed by atoms with Crippen molar-refractivity contribution in [3.63, 3.8) is 0 Å². The Morgan fingerprint density at radius 3 is 2.50 bits per heavy atom. The van der Waals surface area contributed by atoms with E-state index < -0.39 is 0 Å². The highest BCUT2D eigenvalue weighted by atomic mass is 35.5. The molecule has 2 atom stereocenters. The summed E-state index contributed by atoms with van der Waals surface area (Å²) in [5, 5.41) is 12.5. The molecule has 36 heavy (non-hydrogen) atoms. The number of H-pyrrole nitrogens is 1. The third-order valence-electron chi connectivity index (χ3n) is 7.44. The highest BCUT2D eigenvalue weighted by Gasteiger charge is 2.36. The molecule has 0 spiro atoms. The lowest BCUT2D eigenvalue weighted by molar-refractivity contribution is -0.133. The van der Waals surface area contributed by atoms with Gasteiger partial charge in [-0.15, -0.1) is 0 Å². The van der Waals surface area contributed by atoms with Crippen molar-refractivity contribution < 1.29 is 4.79 Å². The van der Waals surface area contributed by atoms with Gasteiger partial charge in [-0.05, 0) is 42.6 Å². The highest BCUT2D eigenvalue weighted by molar-refractivity contribution is 6.30. The molecular weight excluding hydrogens is 472 g/mol. The lowest BCUT2D eigenvalue weighted by Crippen LogP contribution is -2.52. The molecule has 4 heterocycles.